The van der Waals surface area contributed by atoms with Gasteiger partial charge in [0.2, 0.25) is 0 Å². The highest BCUT2D eigenvalue weighted by Crippen LogP contribution is 2.37. The Labute approximate surface area is 136 Å². The first-order valence-electron chi connectivity index (χ1n) is 8.28. The fourth-order valence-corrected chi connectivity index (χ4v) is 4.04. The van der Waals surface area contributed by atoms with Crippen molar-refractivity contribution in [2.45, 2.75) is 46.0 Å². The third kappa shape index (κ3) is 4.79. The van der Waals surface area contributed by atoms with Crippen LogP contribution in [0.15, 0.2) is 22.7 Å². The molecule has 2 rings (SSSR count). The van der Waals surface area contributed by atoms with Gasteiger partial charge in [0.15, 0.2) is 0 Å². The second-order valence-electron chi connectivity index (χ2n) is 6.37. The molecule has 0 aliphatic heterocycles. The summed E-state index contributed by atoms with van der Waals surface area (Å²) >= 11 is 3.31. The van der Waals surface area contributed by atoms with E-state index in [1.54, 1.807) is 6.07 Å². The Bertz CT molecular complexity index is 449. The molecule has 3 heteroatoms. The standard InChI is InChI=1S/C18H27BrFN/c1-3-13-5-7-15(12-21-4-2)16(9-13)10-14-6-8-18(20)17(19)11-14/h6,8,11,13,15-16,21H,3-5,7,9-10,12H2,1-2H3. The van der Waals surface area contributed by atoms with Crippen LogP contribution in [0.3, 0.4) is 0 Å². The minimum Gasteiger partial charge on any atom is -0.317 e. The lowest BCUT2D eigenvalue weighted by Gasteiger charge is -2.36. The van der Waals surface area contributed by atoms with Crippen molar-refractivity contribution in [3.05, 3.63) is 34.1 Å². The van der Waals surface area contributed by atoms with Gasteiger partial charge in [0.1, 0.15) is 5.82 Å². The summed E-state index contributed by atoms with van der Waals surface area (Å²) in [4.78, 5) is 0. The molecule has 1 nitrogen and oxygen atoms in total. The summed E-state index contributed by atoms with van der Waals surface area (Å²) in [7, 11) is 0. The summed E-state index contributed by atoms with van der Waals surface area (Å²) in [6.07, 6.45) is 6.39. The van der Waals surface area contributed by atoms with Crippen molar-refractivity contribution >= 4 is 15.9 Å². The molecule has 0 saturated heterocycles. The van der Waals surface area contributed by atoms with Crippen LogP contribution in [0.1, 0.15) is 45.1 Å². The van der Waals surface area contributed by atoms with Gasteiger partial charge in [-0.3, -0.25) is 0 Å². The summed E-state index contributed by atoms with van der Waals surface area (Å²) in [5, 5.41) is 3.52. The molecule has 0 spiro atoms. The van der Waals surface area contributed by atoms with Gasteiger partial charge in [-0.25, -0.2) is 4.39 Å². The maximum Gasteiger partial charge on any atom is 0.137 e. The lowest BCUT2D eigenvalue weighted by atomic mass is 9.71. The van der Waals surface area contributed by atoms with Crippen LogP contribution >= 0.6 is 15.9 Å². The number of benzene rings is 1. The highest BCUT2D eigenvalue weighted by atomic mass is 79.9. The first-order chi connectivity index (χ1) is 10.1. The molecule has 21 heavy (non-hydrogen) atoms. The minimum absolute atomic E-state index is 0.168. The Hall–Kier alpha value is -0.410. The van der Waals surface area contributed by atoms with Crippen molar-refractivity contribution < 1.29 is 4.39 Å². The average molecular weight is 356 g/mol. The van der Waals surface area contributed by atoms with Gasteiger partial charge in [-0.15, -0.1) is 0 Å². The molecule has 1 aliphatic rings. The van der Waals surface area contributed by atoms with Gasteiger partial charge in [0, 0.05) is 0 Å². The molecule has 1 aromatic carbocycles. The molecule has 0 bridgehead atoms. The first kappa shape index (κ1) is 17.0. The Morgan fingerprint density at radius 3 is 2.71 bits per heavy atom. The van der Waals surface area contributed by atoms with Crippen molar-refractivity contribution in [2.24, 2.45) is 17.8 Å². The van der Waals surface area contributed by atoms with E-state index in [4.69, 9.17) is 0 Å². The molecule has 0 amide bonds. The fourth-order valence-electron chi connectivity index (χ4n) is 3.61. The summed E-state index contributed by atoms with van der Waals surface area (Å²) in [6, 6.07) is 5.48. The molecule has 1 saturated carbocycles. The highest BCUT2D eigenvalue weighted by Gasteiger charge is 2.29. The zero-order valence-electron chi connectivity index (χ0n) is 13.2. The third-order valence-corrected chi connectivity index (χ3v) is 5.57. The predicted molar refractivity (Wildman–Crippen MR) is 91.0 cm³/mol. The van der Waals surface area contributed by atoms with E-state index in [1.807, 2.05) is 12.1 Å². The van der Waals surface area contributed by atoms with Crippen molar-refractivity contribution in [3.63, 3.8) is 0 Å². The van der Waals surface area contributed by atoms with Crippen LogP contribution in [0.4, 0.5) is 4.39 Å². The molecule has 1 aromatic rings. The van der Waals surface area contributed by atoms with Gasteiger partial charge in [-0.2, -0.15) is 0 Å². The maximum atomic E-state index is 13.4. The van der Waals surface area contributed by atoms with Crippen LogP contribution in [0, 0.1) is 23.6 Å². The van der Waals surface area contributed by atoms with E-state index < -0.39 is 0 Å². The second-order valence-corrected chi connectivity index (χ2v) is 7.22. The van der Waals surface area contributed by atoms with E-state index in [0.717, 1.165) is 37.3 Å². The van der Waals surface area contributed by atoms with Gasteiger partial charge in [0.05, 0.1) is 4.47 Å². The molecule has 1 fully saturated rings. The second kappa shape index (κ2) is 8.28. The molecule has 118 valence electrons. The normalized spacial score (nSPS) is 26.0. The molecule has 3 unspecified atom stereocenters. The topological polar surface area (TPSA) is 12.0 Å². The smallest absolute Gasteiger partial charge is 0.137 e. The zero-order valence-corrected chi connectivity index (χ0v) is 14.8. The van der Waals surface area contributed by atoms with Crippen molar-refractivity contribution in [2.75, 3.05) is 13.1 Å². The van der Waals surface area contributed by atoms with Gasteiger partial charge < -0.3 is 5.32 Å². The number of nitrogens with one attached hydrogen (secondary N) is 1. The molecular weight excluding hydrogens is 329 g/mol. The van der Waals surface area contributed by atoms with Crippen LogP contribution in [-0.2, 0) is 6.42 Å². The third-order valence-electron chi connectivity index (χ3n) is 4.96. The van der Waals surface area contributed by atoms with Crippen LogP contribution in [0.25, 0.3) is 0 Å². The maximum absolute atomic E-state index is 13.4. The first-order valence-corrected chi connectivity index (χ1v) is 9.07. The number of rotatable bonds is 6. The van der Waals surface area contributed by atoms with Gasteiger partial charge in [0.25, 0.3) is 0 Å². The van der Waals surface area contributed by atoms with Gasteiger partial charge >= 0.3 is 0 Å². The average Bonchev–Trinajstić information content (AvgIpc) is 2.49. The van der Waals surface area contributed by atoms with Crippen molar-refractivity contribution in [3.8, 4) is 0 Å². The van der Waals surface area contributed by atoms with E-state index in [-0.39, 0.29) is 5.82 Å². The monoisotopic (exact) mass is 355 g/mol. The molecule has 1 aliphatic carbocycles. The number of halogens is 2. The van der Waals surface area contributed by atoms with E-state index in [9.17, 15) is 4.39 Å². The Morgan fingerprint density at radius 2 is 2.05 bits per heavy atom. The van der Waals surface area contributed by atoms with Crippen molar-refractivity contribution in [1.29, 1.82) is 0 Å². The molecule has 0 aromatic heterocycles. The van der Waals surface area contributed by atoms with Crippen LogP contribution in [0.5, 0.6) is 0 Å². The Morgan fingerprint density at radius 1 is 1.24 bits per heavy atom. The van der Waals surface area contributed by atoms with Crippen molar-refractivity contribution in [1.82, 2.24) is 5.32 Å². The quantitative estimate of drug-likeness (QED) is 0.740. The van der Waals surface area contributed by atoms with Gasteiger partial charge in [-0.05, 0) is 83.7 Å². The summed E-state index contributed by atoms with van der Waals surface area (Å²) in [5.74, 6) is 2.19. The Balaban J connectivity index is 2.05. The largest absolute Gasteiger partial charge is 0.317 e. The van der Waals surface area contributed by atoms with E-state index >= 15 is 0 Å². The van der Waals surface area contributed by atoms with Crippen LogP contribution < -0.4 is 5.32 Å². The molecular formula is C18H27BrFN. The molecule has 1 N–H and O–H groups in total. The van der Waals surface area contributed by atoms with E-state index in [0.29, 0.717) is 4.47 Å². The zero-order chi connectivity index (χ0) is 15.2. The number of hydrogen-bond donors (Lipinski definition) is 1. The molecule has 0 radical (unpaired) electrons. The molecule has 0 heterocycles. The van der Waals surface area contributed by atoms with Crippen LogP contribution in [-0.4, -0.2) is 13.1 Å². The predicted octanol–water partition coefficient (Wildman–Crippen LogP) is 5.18. The highest BCUT2D eigenvalue weighted by molar-refractivity contribution is 9.10. The number of hydrogen-bond acceptors (Lipinski definition) is 1. The Kier molecular flexibility index (Phi) is 6.69. The lowest BCUT2D eigenvalue weighted by molar-refractivity contribution is 0.172. The summed E-state index contributed by atoms with van der Waals surface area (Å²) in [6.45, 7) is 6.65. The summed E-state index contributed by atoms with van der Waals surface area (Å²) < 4.78 is 14.0. The van der Waals surface area contributed by atoms with E-state index in [2.05, 4.69) is 35.1 Å². The summed E-state index contributed by atoms with van der Waals surface area (Å²) in [5.41, 5.74) is 1.26. The minimum atomic E-state index is -0.168. The SMILES string of the molecule is CCNCC1CCC(CC)CC1Cc1ccc(F)c(Br)c1. The molecule has 3 atom stereocenters. The lowest BCUT2D eigenvalue weighted by Crippen LogP contribution is -2.34. The van der Waals surface area contributed by atoms with Gasteiger partial charge in [-0.1, -0.05) is 32.8 Å². The van der Waals surface area contributed by atoms with Crippen LogP contribution in [0.2, 0.25) is 0 Å². The van der Waals surface area contributed by atoms with E-state index in [1.165, 1.54) is 31.2 Å². The fraction of sp³-hybridized carbons (Fsp3) is 0.667.